The van der Waals surface area contributed by atoms with Gasteiger partial charge in [0.15, 0.2) is 0 Å². The summed E-state index contributed by atoms with van der Waals surface area (Å²) in [4.78, 5) is 0. The molecular weight excluding hydrogens is 192 g/mol. The monoisotopic (exact) mass is 213 g/mol. The smallest absolute Gasteiger partial charge is 0.0115 e. The van der Waals surface area contributed by atoms with E-state index in [4.69, 9.17) is 0 Å². The first-order valence-electron chi connectivity index (χ1n) is 6.10. The van der Waals surface area contributed by atoms with Gasteiger partial charge in [0.25, 0.3) is 0 Å². The first-order chi connectivity index (χ1) is 7.35. The van der Waals surface area contributed by atoms with E-state index in [0.717, 1.165) is 0 Å². The van der Waals surface area contributed by atoms with E-state index in [2.05, 4.69) is 59.7 Å². The van der Waals surface area contributed by atoms with E-state index >= 15 is 0 Å². The first-order valence-corrected chi connectivity index (χ1v) is 6.10. The summed E-state index contributed by atoms with van der Waals surface area (Å²) >= 11 is 0. The first kappa shape index (κ1) is 11.4. The number of hydrogen-bond donors (Lipinski definition) is 0. The SMILES string of the molecule is CC1=C(C(C)C)c2c[c]c(C)cc2C1(C)C. The number of benzene rings is 1. The van der Waals surface area contributed by atoms with Crippen LogP contribution in [0.5, 0.6) is 0 Å². The highest BCUT2D eigenvalue weighted by Crippen LogP contribution is 2.48. The van der Waals surface area contributed by atoms with Crippen LogP contribution in [0.1, 0.15) is 51.3 Å². The Balaban J connectivity index is 2.71. The molecule has 0 spiro atoms. The zero-order chi connectivity index (χ0) is 12.1. The molecule has 0 aliphatic heterocycles. The van der Waals surface area contributed by atoms with Gasteiger partial charge in [0, 0.05) is 5.41 Å². The van der Waals surface area contributed by atoms with Gasteiger partial charge in [-0.25, -0.2) is 0 Å². The predicted molar refractivity (Wildman–Crippen MR) is 70.5 cm³/mol. The number of aryl methyl sites for hydroxylation is 1. The third-order valence-corrected chi connectivity index (χ3v) is 3.98. The van der Waals surface area contributed by atoms with Crippen LogP contribution < -0.4 is 0 Å². The molecular formula is C16H21. The maximum atomic E-state index is 3.34. The van der Waals surface area contributed by atoms with Crippen molar-refractivity contribution in [1.29, 1.82) is 0 Å². The van der Waals surface area contributed by atoms with E-state index in [1.165, 1.54) is 27.8 Å². The Morgan fingerprint density at radius 2 is 1.81 bits per heavy atom. The molecule has 0 N–H and O–H groups in total. The Morgan fingerprint density at radius 3 is 2.38 bits per heavy atom. The third-order valence-electron chi connectivity index (χ3n) is 3.98. The number of fused-ring (bicyclic) bond motifs is 1. The average Bonchev–Trinajstić information content (AvgIpc) is 2.37. The number of hydrogen-bond acceptors (Lipinski definition) is 0. The zero-order valence-electron chi connectivity index (χ0n) is 11.2. The Hall–Kier alpha value is -1.04. The van der Waals surface area contributed by atoms with Gasteiger partial charge in [-0.05, 0) is 54.2 Å². The maximum absolute atomic E-state index is 3.34. The highest BCUT2D eigenvalue weighted by Gasteiger charge is 2.35. The van der Waals surface area contributed by atoms with Crippen molar-refractivity contribution in [1.82, 2.24) is 0 Å². The largest absolute Gasteiger partial charge is 0.0592 e. The summed E-state index contributed by atoms with van der Waals surface area (Å²) in [5.41, 5.74) is 7.37. The zero-order valence-corrected chi connectivity index (χ0v) is 11.2. The van der Waals surface area contributed by atoms with Crippen LogP contribution in [0, 0.1) is 18.9 Å². The summed E-state index contributed by atoms with van der Waals surface area (Å²) in [7, 11) is 0. The van der Waals surface area contributed by atoms with E-state index < -0.39 is 0 Å². The molecule has 0 unspecified atom stereocenters. The molecule has 0 bridgehead atoms. The molecule has 16 heavy (non-hydrogen) atoms. The minimum Gasteiger partial charge on any atom is -0.0592 e. The Labute approximate surface area is 99.4 Å². The van der Waals surface area contributed by atoms with Crippen LogP contribution >= 0.6 is 0 Å². The summed E-state index contributed by atoms with van der Waals surface area (Å²) in [6, 6.07) is 7.82. The van der Waals surface area contributed by atoms with E-state index in [9.17, 15) is 0 Å². The van der Waals surface area contributed by atoms with Crippen molar-refractivity contribution in [2.75, 3.05) is 0 Å². The van der Waals surface area contributed by atoms with Crippen LogP contribution in [-0.4, -0.2) is 0 Å². The summed E-state index contributed by atoms with van der Waals surface area (Å²) in [6.45, 7) is 13.6. The van der Waals surface area contributed by atoms with Crippen molar-refractivity contribution in [2.24, 2.45) is 5.92 Å². The molecule has 85 valence electrons. The van der Waals surface area contributed by atoms with Crippen molar-refractivity contribution < 1.29 is 0 Å². The van der Waals surface area contributed by atoms with Crippen LogP contribution in [-0.2, 0) is 5.41 Å². The fraction of sp³-hybridized carbons (Fsp3) is 0.500. The van der Waals surface area contributed by atoms with Gasteiger partial charge >= 0.3 is 0 Å². The molecule has 0 fully saturated rings. The molecule has 0 saturated carbocycles. The summed E-state index contributed by atoms with van der Waals surface area (Å²) < 4.78 is 0. The van der Waals surface area contributed by atoms with Gasteiger partial charge in [-0.1, -0.05) is 39.3 Å². The maximum Gasteiger partial charge on any atom is 0.0115 e. The van der Waals surface area contributed by atoms with Crippen LogP contribution in [0.15, 0.2) is 17.7 Å². The average molecular weight is 213 g/mol. The number of allylic oxidation sites excluding steroid dienone is 2. The molecule has 1 radical (unpaired) electrons. The lowest BCUT2D eigenvalue weighted by Gasteiger charge is -2.22. The van der Waals surface area contributed by atoms with E-state index in [1.807, 2.05) is 0 Å². The standard InChI is InChI=1S/C16H21/c1-10(2)15-12(4)16(5,6)14-9-11(3)7-8-13(14)15/h8-10H,1-6H3. The molecule has 0 atom stereocenters. The molecule has 1 aliphatic carbocycles. The third kappa shape index (κ3) is 1.43. The minimum absolute atomic E-state index is 0.189. The highest BCUT2D eigenvalue weighted by molar-refractivity contribution is 5.80. The fourth-order valence-corrected chi connectivity index (χ4v) is 2.82. The summed E-state index contributed by atoms with van der Waals surface area (Å²) in [5, 5.41) is 0. The van der Waals surface area contributed by atoms with Crippen LogP contribution in [0.4, 0.5) is 0 Å². The number of rotatable bonds is 1. The summed E-state index contributed by atoms with van der Waals surface area (Å²) in [6.07, 6.45) is 0. The van der Waals surface area contributed by atoms with Crippen LogP contribution in [0.25, 0.3) is 5.57 Å². The van der Waals surface area contributed by atoms with Gasteiger partial charge in [0.2, 0.25) is 0 Å². The normalized spacial score (nSPS) is 18.2. The second-order valence-electron chi connectivity index (χ2n) is 5.76. The van der Waals surface area contributed by atoms with Crippen molar-refractivity contribution in [3.8, 4) is 0 Å². The van der Waals surface area contributed by atoms with Crippen molar-refractivity contribution in [3.63, 3.8) is 0 Å². The van der Waals surface area contributed by atoms with E-state index in [0.29, 0.717) is 5.92 Å². The van der Waals surface area contributed by atoms with Gasteiger partial charge in [0.1, 0.15) is 0 Å². The Kier molecular flexibility index (Phi) is 2.49. The molecule has 1 aromatic rings. The Bertz CT molecular complexity index is 459. The van der Waals surface area contributed by atoms with Gasteiger partial charge in [-0.3, -0.25) is 0 Å². The fourth-order valence-electron chi connectivity index (χ4n) is 2.82. The second kappa shape index (κ2) is 3.48. The van der Waals surface area contributed by atoms with Crippen molar-refractivity contribution >= 4 is 5.57 Å². The van der Waals surface area contributed by atoms with E-state index in [-0.39, 0.29) is 5.41 Å². The van der Waals surface area contributed by atoms with Gasteiger partial charge in [0.05, 0.1) is 0 Å². The van der Waals surface area contributed by atoms with Gasteiger partial charge in [-0.2, -0.15) is 0 Å². The van der Waals surface area contributed by atoms with Gasteiger partial charge < -0.3 is 0 Å². The summed E-state index contributed by atoms with van der Waals surface area (Å²) in [5.74, 6) is 0.594. The topological polar surface area (TPSA) is 0 Å². The molecule has 0 aromatic heterocycles. The second-order valence-corrected chi connectivity index (χ2v) is 5.76. The molecule has 2 rings (SSSR count). The molecule has 0 nitrogen and oxygen atoms in total. The van der Waals surface area contributed by atoms with Crippen molar-refractivity contribution in [3.05, 3.63) is 40.5 Å². The molecule has 0 saturated heterocycles. The minimum atomic E-state index is 0.189. The van der Waals surface area contributed by atoms with Gasteiger partial charge in [-0.15, -0.1) is 0 Å². The lowest BCUT2D eigenvalue weighted by atomic mass is 9.81. The van der Waals surface area contributed by atoms with Crippen LogP contribution in [0.2, 0.25) is 0 Å². The molecule has 1 aromatic carbocycles. The quantitative estimate of drug-likeness (QED) is 0.643. The molecule has 0 amide bonds. The Morgan fingerprint density at radius 1 is 1.19 bits per heavy atom. The van der Waals surface area contributed by atoms with E-state index in [1.54, 1.807) is 0 Å². The van der Waals surface area contributed by atoms with Crippen molar-refractivity contribution in [2.45, 2.75) is 47.0 Å². The lowest BCUT2D eigenvalue weighted by molar-refractivity contribution is 0.635. The lowest BCUT2D eigenvalue weighted by Crippen LogP contribution is -2.15. The highest BCUT2D eigenvalue weighted by atomic mass is 14.4. The molecule has 0 heterocycles. The molecule has 1 aliphatic rings. The van der Waals surface area contributed by atoms with Crippen LogP contribution in [0.3, 0.4) is 0 Å². The predicted octanol–water partition coefficient (Wildman–Crippen LogP) is 4.52. The molecule has 0 heteroatoms.